The number of nitrogens with two attached hydrogens (primary N) is 1. The van der Waals surface area contributed by atoms with Crippen LogP contribution in [-0.2, 0) is 32.7 Å². The summed E-state index contributed by atoms with van der Waals surface area (Å²) in [6.07, 6.45) is 88.5. The van der Waals surface area contributed by atoms with Crippen LogP contribution < -0.4 is 5.73 Å². The second-order valence-electron chi connectivity index (χ2n) is 23.4. The summed E-state index contributed by atoms with van der Waals surface area (Å²) in [5.41, 5.74) is 5.40. The third-order valence-electron chi connectivity index (χ3n) is 15.4. The van der Waals surface area contributed by atoms with Gasteiger partial charge in [0.2, 0.25) is 0 Å². The van der Waals surface area contributed by atoms with Crippen LogP contribution in [0.3, 0.4) is 0 Å². The summed E-state index contributed by atoms with van der Waals surface area (Å²) in [7, 11) is -4.39. The van der Waals surface area contributed by atoms with Gasteiger partial charge < -0.3 is 20.1 Å². The van der Waals surface area contributed by atoms with E-state index in [1.165, 1.54) is 231 Å². The van der Waals surface area contributed by atoms with Crippen LogP contribution in [0.25, 0.3) is 0 Å². The average Bonchev–Trinajstić information content (AvgIpc) is 3.48. The van der Waals surface area contributed by atoms with Gasteiger partial charge in [-0.1, -0.05) is 337 Å². The van der Waals surface area contributed by atoms with Crippen molar-refractivity contribution in [2.45, 2.75) is 347 Å². The van der Waals surface area contributed by atoms with Crippen LogP contribution >= 0.6 is 7.82 Å². The number of hydrogen-bond donors (Lipinski definition) is 2. The molecule has 0 aromatic heterocycles. The van der Waals surface area contributed by atoms with Crippen molar-refractivity contribution in [3.63, 3.8) is 0 Å². The van der Waals surface area contributed by atoms with E-state index in [1.54, 1.807) is 0 Å². The van der Waals surface area contributed by atoms with E-state index in [1.807, 2.05) is 0 Å². The zero-order chi connectivity index (χ0) is 59.4. The third-order valence-corrected chi connectivity index (χ3v) is 16.3. The van der Waals surface area contributed by atoms with Gasteiger partial charge in [-0.25, -0.2) is 4.57 Å². The quantitative estimate of drug-likeness (QED) is 0.0264. The first-order valence-electron chi connectivity index (χ1n) is 34.9. The molecule has 0 saturated heterocycles. The predicted molar refractivity (Wildman–Crippen MR) is 353 cm³/mol. The first-order valence-corrected chi connectivity index (χ1v) is 36.4. The maximum absolute atomic E-state index is 12.8. The Morgan fingerprint density at radius 1 is 0.378 bits per heavy atom. The minimum absolute atomic E-state index is 0.0545. The summed E-state index contributed by atoms with van der Waals surface area (Å²) in [6.45, 7) is 3.69. The lowest BCUT2D eigenvalue weighted by atomic mass is 10.0. The molecule has 2 unspecified atom stereocenters. The number of hydrogen-bond acceptors (Lipinski definition) is 8. The summed E-state index contributed by atoms with van der Waals surface area (Å²) in [5.74, 6) is -0.809. The first-order chi connectivity index (χ1) is 40.3. The van der Waals surface area contributed by atoms with Gasteiger partial charge in [-0.05, 0) is 64.2 Å². The van der Waals surface area contributed by atoms with E-state index in [0.717, 1.165) is 77.0 Å². The molecule has 2 atom stereocenters. The normalized spacial score (nSPS) is 13.4. The van der Waals surface area contributed by atoms with Crippen molar-refractivity contribution in [3.8, 4) is 0 Å². The van der Waals surface area contributed by atoms with E-state index < -0.39 is 26.5 Å². The maximum Gasteiger partial charge on any atom is 0.472 e. The molecule has 0 aromatic rings. The summed E-state index contributed by atoms with van der Waals surface area (Å²) >= 11 is 0. The number of allylic oxidation sites excluding steroid dienone is 12. The molecule has 3 N–H and O–H groups in total. The lowest BCUT2D eigenvalue weighted by Crippen LogP contribution is -2.29. The van der Waals surface area contributed by atoms with Crippen LogP contribution in [0.5, 0.6) is 0 Å². The van der Waals surface area contributed by atoms with E-state index in [9.17, 15) is 19.0 Å². The number of rotatable bonds is 66. The molecule has 0 heterocycles. The van der Waals surface area contributed by atoms with E-state index in [4.69, 9.17) is 24.3 Å². The van der Waals surface area contributed by atoms with Crippen molar-refractivity contribution in [2.75, 3.05) is 26.4 Å². The van der Waals surface area contributed by atoms with Gasteiger partial charge in [0.05, 0.1) is 13.2 Å². The Morgan fingerprint density at radius 3 is 1.00 bits per heavy atom. The SMILES string of the molecule is CC/C=C\C/C=C\C/C=C\C/C=C\C/C=C\C/C=C\CCCCCCCCCCCCCCCCCCCCC(=O)OC(COC(=O)CCCCCCCCCCCCCCCCCCCCCCCCCC)COP(=O)(O)OCCN. The third kappa shape index (κ3) is 66.6. The van der Waals surface area contributed by atoms with Crippen molar-refractivity contribution in [3.05, 3.63) is 72.9 Å². The van der Waals surface area contributed by atoms with Crippen LogP contribution in [0, 0.1) is 0 Å². The van der Waals surface area contributed by atoms with Gasteiger partial charge in [0.1, 0.15) is 6.61 Å². The zero-order valence-electron chi connectivity index (χ0n) is 53.7. The number of phosphoric ester groups is 1. The van der Waals surface area contributed by atoms with Crippen LogP contribution in [0.2, 0.25) is 0 Å². The second-order valence-corrected chi connectivity index (χ2v) is 24.8. The molecule has 0 aliphatic heterocycles. The Balaban J connectivity index is 3.83. The largest absolute Gasteiger partial charge is 0.472 e. The topological polar surface area (TPSA) is 134 Å². The van der Waals surface area contributed by atoms with Crippen LogP contribution in [0.4, 0.5) is 0 Å². The minimum atomic E-state index is -4.39. The molecule has 0 saturated carbocycles. The number of carbonyl (C=O) groups excluding carboxylic acids is 2. The number of phosphoric acid groups is 1. The van der Waals surface area contributed by atoms with Gasteiger partial charge in [0.15, 0.2) is 6.10 Å². The first kappa shape index (κ1) is 79.5. The number of esters is 2. The molecular weight excluding hydrogens is 1040 g/mol. The summed E-state index contributed by atoms with van der Waals surface area (Å²) < 4.78 is 33.2. The highest BCUT2D eigenvalue weighted by molar-refractivity contribution is 7.47. The van der Waals surface area contributed by atoms with Crippen molar-refractivity contribution >= 4 is 19.8 Å². The van der Waals surface area contributed by atoms with E-state index in [0.29, 0.717) is 6.42 Å². The molecule has 0 aliphatic rings. The smallest absolute Gasteiger partial charge is 0.462 e. The van der Waals surface area contributed by atoms with E-state index in [-0.39, 0.29) is 38.6 Å². The fourth-order valence-electron chi connectivity index (χ4n) is 10.2. The minimum Gasteiger partial charge on any atom is -0.462 e. The molecule has 0 radical (unpaired) electrons. The Bertz CT molecular complexity index is 1570. The lowest BCUT2D eigenvalue weighted by molar-refractivity contribution is -0.161. The molecule has 9 nitrogen and oxygen atoms in total. The summed E-state index contributed by atoms with van der Waals surface area (Å²) in [4.78, 5) is 35.3. The molecule has 0 amide bonds. The molecule has 0 bridgehead atoms. The van der Waals surface area contributed by atoms with Gasteiger partial charge >= 0.3 is 19.8 Å². The van der Waals surface area contributed by atoms with Crippen molar-refractivity contribution in [2.24, 2.45) is 5.73 Å². The maximum atomic E-state index is 12.8. The highest BCUT2D eigenvalue weighted by atomic mass is 31.2. The predicted octanol–water partition coefficient (Wildman–Crippen LogP) is 22.8. The second kappa shape index (κ2) is 67.6. The Kier molecular flexibility index (Phi) is 65.5. The molecule has 10 heteroatoms. The highest BCUT2D eigenvalue weighted by Gasteiger charge is 2.26. The fraction of sp³-hybridized carbons (Fsp3) is 0.806. The molecule has 478 valence electrons. The molecule has 0 fully saturated rings. The van der Waals surface area contributed by atoms with E-state index >= 15 is 0 Å². The number of unbranched alkanes of at least 4 members (excludes halogenated alkanes) is 41. The van der Waals surface area contributed by atoms with Crippen molar-refractivity contribution < 1.29 is 37.6 Å². The molecule has 0 aromatic carbocycles. The lowest BCUT2D eigenvalue weighted by Gasteiger charge is -2.19. The van der Waals surface area contributed by atoms with Crippen LogP contribution in [-0.4, -0.2) is 49.3 Å². The summed E-state index contributed by atoms with van der Waals surface area (Å²) in [6, 6.07) is 0. The van der Waals surface area contributed by atoms with Gasteiger partial charge in [0.25, 0.3) is 0 Å². The molecule has 0 aliphatic carbocycles. The number of carbonyl (C=O) groups is 2. The number of ether oxygens (including phenoxy) is 2. The van der Waals surface area contributed by atoms with Crippen LogP contribution in [0.1, 0.15) is 341 Å². The monoisotopic (exact) mass is 1170 g/mol. The van der Waals surface area contributed by atoms with Gasteiger partial charge in [-0.3, -0.25) is 18.6 Å². The van der Waals surface area contributed by atoms with Crippen LogP contribution in [0.15, 0.2) is 72.9 Å². The zero-order valence-corrected chi connectivity index (χ0v) is 54.6. The average molecular weight is 1170 g/mol. The standard InChI is InChI=1S/C72H132NO8P/c1-3-5-7-9-11-13-15-17-19-21-23-25-27-29-30-31-32-33-34-35-36-37-38-39-40-41-43-45-47-49-51-53-55-57-59-61-63-65-72(75)81-70(69-80-82(76,77)79-67-66-73)68-78-71(74)64-62-60-58-56-54-52-50-48-46-44-42-28-26-24-22-20-18-16-14-12-10-8-6-4-2/h5,7,11,13,17,19,23,25,29-30,32-33,70H,3-4,6,8-10,12,14-16,18,20-22,24,26-28,31,34-69,73H2,1-2H3,(H,76,77)/b7-5-,13-11-,19-17-,25-23-,30-29-,33-32-. The van der Waals surface area contributed by atoms with Crippen molar-refractivity contribution in [1.82, 2.24) is 0 Å². The molecule has 0 spiro atoms. The highest BCUT2D eigenvalue weighted by Crippen LogP contribution is 2.43. The van der Waals surface area contributed by atoms with E-state index in [2.05, 4.69) is 86.8 Å². The van der Waals surface area contributed by atoms with Gasteiger partial charge in [0, 0.05) is 19.4 Å². The molecule has 82 heavy (non-hydrogen) atoms. The Morgan fingerprint density at radius 2 is 0.671 bits per heavy atom. The van der Waals surface area contributed by atoms with Gasteiger partial charge in [-0.2, -0.15) is 0 Å². The van der Waals surface area contributed by atoms with Gasteiger partial charge in [-0.15, -0.1) is 0 Å². The Labute approximate surface area is 507 Å². The molecule has 0 rings (SSSR count). The summed E-state index contributed by atoms with van der Waals surface area (Å²) in [5, 5.41) is 0. The Hall–Kier alpha value is -2.55. The molecular formula is C72H132NO8P. The fourth-order valence-corrected chi connectivity index (χ4v) is 11.0. The van der Waals surface area contributed by atoms with Crippen molar-refractivity contribution in [1.29, 1.82) is 0 Å².